The number of hydrogen-bond acceptors (Lipinski definition) is 8. The Balaban J connectivity index is 1.33. The number of thiophene rings is 1. The molecule has 0 amide bonds. The van der Waals surface area contributed by atoms with Gasteiger partial charge in [-0.3, -0.25) is 14.0 Å². The lowest BCUT2D eigenvalue weighted by atomic mass is 9.97. The summed E-state index contributed by atoms with van der Waals surface area (Å²) in [7, 11) is 1.59. The van der Waals surface area contributed by atoms with E-state index in [9.17, 15) is 9.59 Å². The number of fused-ring (bicyclic) bond motifs is 6. The van der Waals surface area contributed by atoms with Gasteiger partial charge in [0, 0.05) is 10.9 Å². The number of ether oxygens (including phenoxy) is 1. The molecule has 0 radical (unpaired) electrons. The first-order valence-electron chi connectivity index (χ1n) is 12.3. The Morgan fingerprint density at radius 1 is 1.08 bits per heavy atom. The molecule has 0 aliphatic heterocycles. The van der Waals surface area contributed by atoms with E-state index in [1.165, 1.54) is 22.2 Å². The highest BCUT2D eigenvalue weighted by atomic mass is 32.2. The molecule has 1 aliphatic rings. The third-order valence-electron chi connectivity index (χ3n) is 6.92. The van der Waals surface area contributed by atoms with Crippen LogP contribution in [0.4, 0.5) is 0 Å². The average molecular weight is 543 g/mol. The molecular weight excluding hydrogens is 520 g/mol. The summed E-state index contributed by atoms with van der Waals surface area (Å²) in [5, 5.41) is 10.7. The predicted molar refractivity (Wildman–Crippen MR) is 149 cm³/mol. The number of aryl methyl sites for hydroxylation is 2. The molecule has 0 unspecified atom stereocenters. The molecule has 4 aromatic heterocycles. The fraction of sp³-hybridized carbons (Fsp3) is 0.222. The molecule has 4 heterocycles. The molecule has 0 spiro atoms. The summed E-state index contributed by atoms with van der Waals surface area (Å²) in [6, 6.07) is 14.7. The largest absolute Gasteiger partial charge is 0.497 e. The van der Waals surface area contributed by atoms with E-state index in [0.29, 0.717) is 44.9 Å². The molecule has 7 rings (SSSR count). The Morgan fingerprint density at radius 2 is 1.95 bits per heavy atom. The van der Waals surface area contributed by atoms with Crippen LogP contribution >= 0.6 is 23.1 Å². The van der Waals surface area contributed by atoms with Gasteiger partial charge < -0.3 is 9.72 Å². The van der Waals surface area contributed by atoms with E-state index in [2.05, 4.69) is 15.2 Å². The van der Waals surface area contributed by atoms with Gasteiger partial charge >= 0.3 is 0 Å². The van der Waals surface area contributed by atoms with Gasteiger partial charge in [-0.15, -0.1) is 21.5 Å². The van der Waals surface area contributed by atoms with E-state index in [-0.39, 0.29) is 11.1 Å². The summed E-state index contributed by atoms with van der Waals surface area (Å²) in [6.07, 6.45) is 4.25. The van der Waals surface area contributed by atoms with Crippen LogP contribution in [-0.4, -0.2) is 36.2 Å². The summed E-state index contributed by atoms with van der Waals surface area (Å²) >= 11 is 3.05. The highest BCUT2D eigenvalue weighted by Gasteiger charge is 2.21. The minimum absolute atomic E-state index is 0.0755. The van der Waals surface area contributed by atoms with Crippen LogP contribution in [0.25, 0.3) is 32.6 Å². The maximum Gasteiger partial charge on any atom is 0.267 e. The Morgan fingerprint density at radius 3 is 2.84 bits per heavy atom. The second kappa shape index (κ2) is 9.10. The first kappa shape index (κ1) is 23.2. The number of para-hydroxylation sites is 1. The van der Waals surface area contributed by atoms with Crippen LogP contribution in [0.1, 0.15) is 29.1 Å². The van der Waals surface area contributed by atoms with E-state index < -0.39 is 0 Å². The third-order valence-corrected chi connectivity index (χ3v) is 9.04. The van der Waals surface area contributed by atoms with Gasteiger partial charge in [0.05, 0.1) is 34.8 Å². The lowest BCUT2D eigenvalue weighted by Crippen LogP contribution is -2.21. The van der Waals surface area contributed by atoms with Gasteiger partial charge in [-0.05, 0) is 55.5 Å². The molecule has 6 aromatic rings. The Kier molecular flexibility index (Phi) is 5.55. The van der Waals surface area contributed by atoms with Crippen molar-refractivity contribution in [2.24, 2.45) is 0 Å². The van der Waals surface area contributed by atoms with Crippen molar-refractivity contribution in [1.82, 2.24) is 29.1 Å². The molecular formula is C27H22N6O3S2. The molecule has 1 aliphatic carbocycles. The Hall–Kier alpha value is -3.96. The van der Waals surface area contributed by atoms with Gasteiger partial charge in [-0.1, -0.05) is 30.0 Å². The van der Waals surface area contributed by atoms with Crippen LogP contribution in [0, 0.1) is 0 Å². The summed E-state index contributed by atoms with van der Waals surface area (Å²) < 4.78 is 8.80. The number of H-pyrrole nitrogens is 1. The number of rotatable bonds is 5. The van der Waals surface area contributed by atoms with Crippen LogP contribution in [0.2, 0.25) is 0 Å². The van der Waals surface area contributed by atoms with Crippen molar-refractivity contribution in [2.75, 3.05) is 7.11 Å². The molecule has 1 N–H and O–H groups in total. The fourth-order valence-corrected chi connectivity index (χ4v) is 7.26. The van der Waals surface area contributed by atoms with Gasteiger partial charge in [0.1, 0.15) is 16.4 Å². The minimum Gasteiger partial charge on any atom is -0.497 e. The monoisotopic (exact) mass is 542 g/mol. The van der Waals surface area contributed by atoms with Gasteiger partial charge in [-0.2, -0.15) is 0 Å². The first-order chi connectivity index (χ1) is 18.6. The molecule has 0 saturated heterocycles. The number of nitrogens with zero attached hydrogens (tertiary/aromatic N) is 5. The van der Waals surface area contributed by atoms with E-state index >= 15 is 0 Å². The molecule has 190 valence electrons. The van der Waals surface area contributed by atoms with E-state index in [0.717, 1.165) is 35.9 Å². The number of hydrogen-bond donors (Lipinski definition) is 1. The number of nitrogens with one attached hydrogen (secondary N) is 1. The van der Waals surface area contributed by atoms with Gasteiger partial charge in [0.25, 0.3) is 11.1 Å². The number of aromatic nitrogens is 6. The zero-order valence-corrected chi connectivity index (χ0v) is 22.1. The second-order valence-electron chi connectivity index (χ2n) is 9.17. The van der Waals surface area contributed by atoms with Gasteiger partial charge in [-0.25, -0.2) is 9.55 Å². The van der Waals surface area contributed by atoms with Crippen molar-refractivity contribution in [3.05, 3.63) is 85.5 Å². The van der Waals surface area contributed by atoms with Gasteiger partial charge in [0.15, 0.2) is 5.16 Å². The van der Waals surface area contributed by atoms with E-state index in [1.54, 1.807) is 35.1 Å². The quantitative estimate of drug-likeness (QED) is 0.320. The SMILES string of the molecule is COc1cccc(-n2c(=O)c3ccccc3n3c(SCc4nc5sc6c(c5c(=O)[nH]4)CCCC6)nnc23)c1. The Bertz CT molecular complexity index is 1990. The molecule has 2 aromatic carbocycles. The number of methoxy groups -OCH3 is 1. The predicted octanol–water partition coefficient (Wildman–Crippen LogP) is 4.51. The smallest absolute Gasteiger partial charge is 0.267 e. The number of thioether (sulfide) groups is 1. The Labute approximate surface area is 224 Å². The lowest BCUT2D eigenvalue weighted by Gasteiger charge is -2.12. The zero-order chi connectivity index (χ0) is 25.8. The zero-order valence-electron chi connectivity index (χ0n) is 20.4. The summed E-state index contributed by atoms with van der Waals surface area (Å²) in [5.74, 6) is 2.03. The highest BCUT2D eigenvalue weighted by molar-refractivity contribution is 7.98. The summed E-state index contributed by atoms with van der Waals surface area (Å²) in [4.78, 5) is 36.4. The second-order valence-corrected chi connectivity index (χ2v) is 11.2. The summed E-state index contributed by atoms with van der Waals surface area (Å²) in [5.41, 5.74) is 2.25. The van der Waals surface area contributed by atoms with Crippen molar-refractivity contribution in [3.63, 3.8) is 0 Å². The number of benzene rings is 2. The van der Waals surface area contributed by atoms with Crippen LogP contribution in [0.5, 0.6) is 5.75 Å². The molecule has 0 atom stereocenters. The van der Waals surface area contributed by atoms with E-state index in [1.807, 2.05) is 40.8 Å². The number of aromatic amines is 1. The molecule has 0 bridgehead atoms. The maximum atomic E-state index is 13.6. The van der Waals surface area contributed by atoms with Crippen molar-refractivity contribution in [2.45, 2.75) is 36.6 Å². The molecule has 9 nitrogen and oxygen atoms in total. The third kappa shape index (κ3) is 3.64. The van der Waals surface area contributed by atoms with Crippen LogP contribution < -0.4 is 15.9 Å². The molecule has 38 heavy (non-hydrogen) atoms. The highest BCUT2D eigenvalue weighted by Crippen LogP contribution is 2.34. The van der Waals surface area contributed by atoms with E-state index in [4.69, 9.17) is 9.72 Å². The molecule has 0 saturated carbocycles. The minimum atomic E-state index is -0.191. The molecule has 11 heteroatoms. The standard InChI is InChI=1S/C27H22N6O3S2/c1-36-16-8-6-7-15(13-16)32-25(35)17-9-2-4-11-19(17)33-26(32)30-31-27(33)37-14-21-28-23(34)22-18-10-3-5-12-20(18)38-24(22)29-21/h2,4,6-9,11,13H,3,5,10,12,14H2,1H3,(H,28,29,34). The van der Waals surface area contributed by atoms with Crippen LogP contribution in [-0.2, 0) is 18.6 Å². The topological polar surface area (TPSA) is 107 Å². The lowest BCUT2D eigenvalue weighted by molar-refractivity contribution is 0.414. The molecule has 0 fully saturated rings. The maximum absolute atomic E-state index is 13.6. The van der Waals surface area contributed by atoms with Crippen LogP contribution in [0.3, 0.4) is 0 Å². The fourth-order valence-electron chi connectivity index (χ4n) is 5.16. The van der Waals surface area contributed by atoms with Crippen molar-refractivity contribution < 1.29 is 4.74 Å². The summed E-state index contributed by atoms with van der Waals surface area (Å²) in [6.45, 7) is 0. The van der Waals surface area contributed by atoms with Crippen molar-refractivity contribution in [3.8, 4) is 11.4 Å². The van der Waals surface area contributed by atoms with Crippen molar-refractivity contribution >= 4 is 50.0 Å². The average Bonchev–Trinajstić information content (AvgIpc) is 3.54. The normalized spacial score (nSPS) is 13.4. The van der Waals surface area contributed by atoms with Crippen LogP contribution in [0.15, 0.2) is 63.3 Å². The van der Waals surface area contributed by atoms with Crippen molar-refractivity contribution in [1.29, 1.82) is 0 Å². The first-order valence-corrected chi connectivity index (χ1v) is 14.1. The van der Waals surface area contributed by atoms with Gasteiger partial charge in [0.2, 0.25) is 5.78 Å².